The summed E-state index contributed by atoms with van der Waals surface area (Å²) in [7, 11) is -11.7. The molecule has 12 heteroatoms. The monoisotopic (exact) mass is 258 g/mol. The number of hydrogen-bond donors (Lipinski definition) is 0. The molecule has 0 rings (SSSR count). The van der Waals surface area contributed by atoms with E-state index in [0.29, 0.717) is 0 Å². The van der Waals surface area contributed by atoms with E-state index in [1.54, 1.807) is 0 Å². The van der Waals surface area contributed by atoms with E-state index in [9.17, 15) is 28.7 Å². The summed E-state index contributed by atoms with van der Waals surface area (Å²) in [4.78, 5) is 39.7. The molecule has 0 aliphatic rings. The van der Waals surface area contributed by atoms with Crippen molar-refractivity contribution < 1.29 is 28.7 Å². The summed E-state index contributed by atoms with van der Waals surface area (Å²) in [5.74, 6) is 0. The molecule has 0 atom stereocenters. The Kier molecular flexibility index (Phi) is 8.11. The summed E-state index contributed by atoms with van der Waals surface area (Å²) in [6, 6.07) is 0. The smallest absolute Gasteiger partial charge is 0.808 e. The second-order valence-electron chi connectivity index (χ2n) is 1.50. The maximum absolute atomic E-state index is 9.94. The largest absolute Gasteiger partial charge is 2.00 e. The molecule has 0 bridgehead atoms. The first-order valence-corrected chi connectivity index (χ1v) is 5.76. The van der Waals surface area contributed by atoms with E-state index < -0.39 is 19.0 Å². The molecule has 0 aliphatic carbocycles. The van der Waals surface area contributed by atoms with Crippen molar-refractivity contribution in [2.75, 3.05) is 0 Å². The molecule has 13 heavy (non-hydrogen) atoms. The van der Waals surface area contributed by atoms with Crippen molar-refractivity contribution in [3.8, 4) is 0 Å². The molecule has 0 aromatic carbocycles. The fourth-order valence-electron chi connectivity index (χ4n) is 0.150. The zero-order chi connectivity index (χ0) is 9.50. The van der Waals surface area contributed by atoms with Crippen molar-refractivity contribution in [1.29, 1.82) is 0 Å². The van der Waals surface area contributed by atoms with E-state index in [2.05, 4.69) is 23.2 Å². The van der Waals surface area contributed by atoms with Gasteiger partial charge in [-0.2, -0.15) is 0 Å². The zero-order valence-corrected chi connectivity index (χ0v) is 9.31. The molecule has 0 spiro atoms. The second-order valence-corrected chi connectivity index (χ2v) is 7.57. The predicted octanol–water partition coefficient (Wildman–Crippen LogP) is -2.86. The summed E-state index contributed by atoms with van der Waals surface area (Å²) >= 11 is 8.96. The fraction of sp³-hybridized carbons (Fsp3) is 1.00. The minimum absolute atomic E-state index is 0. The molecule has 0 aromatic rings. The van der Waals surface area contributed by atoms with Crippen LogP contribution in [0.5, 0.6) is 0 Å². The van der Waals surface area contributed by atoms with Gasteiger partial charge in [0.25, 0.3) is 0 Å². The van der Waals surface area contributed by atoms with Crippen molar-refractivity contribution in [2.24, 2.45) is 0 Å². The van der Waals surface area contributed by atoms with Gasteiger partial charge in [-0.25, -0.2) is 0 Å². The fourth-order valence-corrected chi connectivity index (χ4v) is 1.35. The van der Waals surface area contributed by atoms with E-state index >= 15 is 0 Å². The number of halogens is 2. The quantitative estimate of drug-likeness (QED) is 0.298. The Hall–Kier alpha value is 1.22. The SMILES string of the molecule is O=P([O-])([O-])C(Cl)(Cl)P(=O)([O-])[O-].[Be+2].[Be+2]. The molecule has 0 fully saturated rings. The molecular weight excluding hydrogens is 259 g/mol. The molecule has 68 valence electrons. The van der Waals surface area contributed by atoms with Gasteiger partial charge in [0.05, 0.1) is 0 Å². The summed E-state index contributed by atoms with van der Waals surface area (Å²) in [6.07, 6.45) is 0. The summed E-state index contributed by atoms with van der Waals surface area (Å²) < 4.78 is 16.1. The van der Waals surface area contributed by atoms with Crippen molar-refractivity contribution in [2.45, 2.75) is 3.82 Å². The van der Waals surface area contributed by atoms with Crippen LogP contribution in [-0.4, -0.2) is 24.1 Å². The molecule has 0 amide bonds. The number of alkyl halides is 2. The van der Waals surface area contributed by atoms with Gasteiger partial charge in [-0.1, -0.05) is 23.2 Å². The standard InChI is InChI=1S/CH4Cl2O6P2.2Be/c2-1(3,10(4,5)6)11(7,8)9;;/h(H2,4,5,6)(H2,7,8,9);;/q;2*+2/p-4. The first kappa shape index (κ1) is 19.7. The molecule has 0 N–H and O–H groups in total. The molecule has 0 radical (unpaired) electrons. The molecule has 6 nitrogen and oxygen atoms in total. The van der Waals surface area contributed by atoms with Crippen LogP contribution in [0.1, 0.15) is 0 Å². The van der Waals surface area contributed by atoms with Crippen LogP contribution in [0.15, 0.2) is 0 Å². The molecule has 0 aliphatic heterocycles. The van der Waals surface area contributed by atoms with Crippen molar-refractivity contribution in [1.82, 2.24) is 0 Å². The minimum Gasteiger partial charge on any atom is -0.808 e. The Morgan fingerprint density at radius 2 is 1.00 bits per heavy atom. The Balaban J connectivity index is -0.000000500. The maximum Gasteiger partial charge on any atom is 2.00 e. The van der Waals surface area contributed by atoms with Gasteiger partial charge in [0.1, 0.15) is 0 Å². The third-order valence-electron chi connectivity index (χ3n) is 0.659. The van der Waals surface area contributed by atoms with Crippen LogP contribution < -0.4 is 19.6 Å². The van der Waals surface area contributed by atoms with E-state index in [1.165, 1.54) is 0 Å². The predicted molar refractivity (Wildman–Crippen MR) is 41.2 cm³/mol. The molecule has 0 aromatic heterocycles. The normalized spacial score (nSPS) is 12.8. The average Bonchev–Trinajstić information content (AvgIpc) is 1.58. The number of rotatable bonds is 2. The molecule has 0 heterocycles. The van der Waals surface area contributed by atoms with E-state index in [4.69, 9.17) is 0 Å². The first-order chi connectivity index (χ1) is 4.50. The van der Waals surface area contributed by atoms with Gasteiger partial charge < -0.3 is 28.7 Å². The Morgan fingerprint density at radius 3 is 1.00 bits per heavy atom. The molecule has 0 unspecified atom stereocenters. The van der Waals surface area contributed by atoms with Crippen LogP contribution in [0.25, 0.3) is 0 Å². The Bertz CT molecular complexity index is 219. The van der Waals surface area contributed by atoms with Crippen LogP contribution in [0.2, 0.25) is 0 Å². The first-order valence-electron chi connectivity index (χ1n) is 1.92. The summed E-state index contributed by atoms with van der Waals surface area (Å²) in [5, 5.41) is 0. The third kappa shape index (κ3) is 4.50. The summed E-state index contributed by atoms with van der Waals surface area (Å²) in [6.45, 7) is 0. The van der Waals surface area contributed by atoms with Gasteiger partial charge in [0.2, 0.25) is 0 Å². The van der Waals surface area contributed by atoms with E-state index in [-0.39, 0.29) is 20.2 Å². The van der Waals surface area contributed by atoms with Crippen LogP contribution in [0.4, 0.5) is 0 Å². The van der Waals surface area contributed by atoms with Gasteiger partial charge in [-0.15, -0.1) is 0 Å². The number of hydrogen-bond acceptors (Lipinski definition) is 6. The van der Waals surface area contributed by atoms with Crippen molar-refractivity contribution in [3.05, 3.63) is 0 Å². The average molecular weight is 259 g/mol. The van der Waals surface area contributed by atoms with Crippen molar-refractivity contribution in [3.63, 3.8) is 0 Å². The van der Waals surface area contributed by atoms with Crippen LogP contribution in [0.3, 0.4) is 0 Å². The van der Waals surface area contributed by atoms with Crippen molar-refractivity contribution >= 4 is 58.6 Å². The molecular formula is CBe2Cl2O6P2. The maximum atomic E-state index is 9.94. The van der Waals surface area contributed by atoms with Crippen LogP contribution in [0, 0.1) is 0 Å². The third-order valence-corrected chi connectivity index (χ3v) is 5.93. The topological polar surface area (TPSA) is 126 Å². The van der Waals surface area contributed by atoms with Gasteiger partial charge in [0, 0.05) is 0 Å². The zero-order valence-electron chi connectivity index (χ0n) is 6.01. The van der Waals surface area contributed by atoms with Gasteiger partial charge in [-0.05, 0) is 15.2 Å². The van der Waals surface area contributed by atoms with E-state index in [0.717, 1.165) is 0 Å². The van der Waals surface area contributed by atoms with E-state index in [1.807, 2.05) is 0 Å². The van der Waals surface area contributed by atoms with Crippen LogP contribution >= 0.6 is 38.4 Å². The van der Waals surface area contributed by atoms with Gasteiger partial charge in [0.15, 0.2) is 3.82 Å². The second kappa shape index (κ2) is 5.34. The Labute approximate surface area is 91.4 Å². The minimum atomic E-state index is -5.85. The molecule has 0 saturated carbocycles. The van der Waals surface area contributed by atoms with Gasteiger partial charge >= 0.3 is 20.2 Å². The summed E-state index contributed by atoms with van der Waals surface area (Å²) in [5.41, 5.74) is 0. The Morgan fingerprint density at radius 1 is 0.846 bits per heavy atom. The van der Waals surface area contributed by atoms with Crippen LogP contribution in [-0.2, 0) is 9.13 Å². The van der Waals surface area contributed by atoms with Gasteiger partial charge in [-0.3, -0.25) is 0 Å². The molecule has 0 saturated heterocycles.